The topological polar surface area (TPSA) is 71.1 Å². The third-order valence-corrected chi connectivity index (χ3v) is 10.9. The van der Waals surface area contributed by atoms with E-state index >= 15 is 0 Å². The summed E-state index contributed by atoms with van der Waals surface area (Å²) in [6, 6.07) is 0. The lowest BCUT2D eigenvalue weighted by atomic mass is 9.68. The molecule has 232 valence electrons. The highest BCUT2D eigenvalue weighted by molar-refractivity contribution is 6.00. The summed E-state index contributed by atoms with van der Waals surface area (Å²) in [6.07, 6.45) is 23.5. The van der Waals surface area contributed by atoms with Gasteiger partial charge in [0.25, 0.3) is 6.47 Å². The standard InChI is InChI=1S/C36H52O6/c1-25(11-7-5-8-12-28-23-39-34-32(28)18-16-26(2)33(34)38)15-17-30-21-31(40-24-37)22-36(41-30)20-19-27(3)35(4,42-36)29-13-9-6-10-14-29/h5,8,12,15-16,24,27,29-32,34H,6-7,9-11,13-14,17-23H2,1-4H3/b8-5+,25-15+,28-12+/t27?,30?,31-,32?,34?,35?,36?/m0/s1. The maximum atomic E-state index is 12.3. The first kappa shape index (κ1) is 31.4. The second kappa shape index (κ2) is 13.7. The van der Waals surface area contributed by atoms with E-state index in [2.05, 4.69) is 45.1 Å². The van der Waals surface area contributed by atoms with E-state index in [9.17, 15) is 9.59 Å². The predicted molar refractivity (Wildman–Crippen MR) is 164 cm³/mol. The van der Waals surface area contributed by atoms with Gasteiger partial charge in [-0.05, 0) is 88.7 Å². The van der Waals surface area contributed by atoms with Gasteiger partial charge in [-0.3, -0.25) is 9.59 Å². The molecule has 0 amide bonds. The number of rotatable bonds is 9. The first-order chi connectivity index (χ1) is 20.2. The fourth-order valence-corrected chi connectivity index (χ4v) is 8.08. The summed E-state index contributed by atoms with van der Waals surface area (Å²) in [6.45, 7) is 9.86. The molecule has 6 unspecified atom stereocenters. The first-order valence-corrected chi connectivity index (χ1v) is 16.5. The number of carbonyl (C=O) groups is 2. The first-order valence-electron chi connectivity index (χ1n) is 16.5. The van der Waals surface area contributed by atoms with Crippen molar-refractivity contribution in [2.75, 3.05) is 6.61 Å². The summed E-state index contributed by atoms with van der Waals surface area (Å²) >= 11 is 0. The van der Waals surface area contributed by atoms with Gasteiger partial charge >= 0.3 is 0 Å². The number of hydrogen-bond donors (Lipinski definition) is 0. The Balaban J connectivity index is 1.15. The third-order valence-electron chi connectivity index (χ3n) is 10.9. The number of ketones is 1. The molecule has 42 heavy (non-hydrogen) atoms. The zero-order chi connectivity index (χ0) is 29.7. The summed E-state index contributed by atoms with van der Waals surface area (Å²) in [7, 11) is 0. The molecule has 4 fully saturated rings. The molecule has 0 aromatic heterocycles. The van der Waals surface area contributed by atoms with Crippen LogP contribution in [0.25, 0.3) is 0 Å². The van der Waals surface area contributed by atoms with Crippen LogP contribution in [0.15, 0.2) is 47.1 Å². The van der Waals surface area contributed by atoms with Gasteiger partial charge < -0.3 is 18.9 Å². The van der Waals surface area contributed by atoms with Crippen LogP contribution in [-0.4, -0.2) is 48.6 Å². The summed E-state index contributed by atoms with van der Waals surface area (Å²) in [5.41, 5.74) is 3.17. The molecule has 0 bridgehead atoms. The third kappa shape index (κ3) is 7.03. The highest BCUT2D eigenvalue weighted by atomic mass is 16.7. The normalized spacial score (nSPS) is 39.1. The number of ether oxygens (including phenoxy) is 4. The Morgan fingerprint density at radius 3 is 2.79 bits per heavy atom. The molecule has 3 heterocycles. The minimum Gasteiger partial charge on any atom is -0.464 e. The maximum Gasteiger partial charge on any atom is 0.293 e. The molecule has 0 N–H and O–H groups in total. The summed E-state index contributed by atoms with van der Waals surface area (Å²) in [5, 5.41) is 0. The minimum atomic E-state index is -0.673. The van der Waals surface area contributed by atoms with Gasteiger partial charge in [0, 0.05) is 25.2 Å². The highest BCUT2D eigenvalue weighted by Crippen LogP contribution is 2.51. The van der Waals surface area contributed by atoms with E-state index in [1.807, 2.05) is 13.0 Å². The molecule has 0 aromatic carbocycles. The van der Waals surface area contributed by atoms with Gasteiger partial charge in [-0.1, -0.05) is 62.1 Å². The molecule has 6 nitrogen and oxygen atoms in total. The van der Waals surface area contributed by atoms with Crippen LogP contribution in [0.2, 0.25) is 0 Å². The molecule has 3 aliphatic heterocycles. The van der Waals surface area contributed by atoms with Crippen LogP contribution in [0.4, 0.5) is 0 Å². The lowest BCUT2D eigenvalue weighted by Crippen LogP contribution is -2.60. The molecular weight excluding hydrogens is 528 g/mol. The second-order valence-corrected chi connectivity index (χ2v) is 13.8. The molecular formula is C36H52O6. The van der Waals surface area contributed by atoms with E-state index < -0.39 is 5.79 Å². The fourth-order valence-electron chi connectivity index (χ4n) is 8.08. The molecule has 3 saturated heterocycles. The lowest BCUT2D eigenvalue weighted by Gasteiger charge is -2.56. The van der Waals surface area contributed by atoms with Crippen molar-refractivity contribution >= 4 is 12.3 Å². The Hall–Kier alpha value is -2.02. The number of fused-ring (bicyclic) bond motifs is 1. The van der Waals surface area contributed by atoms with Crippen molar-refractivity contribution in [3.05, 3.63) is 47.1 Å². The molecule has 5 rings (SSSR count). The van der Waals surface area contributed by atoms with Crippen molar-refractivity contribution in [3.8, 4) is 0 Å². The van der Waals surface area contributed by atoms with E-state index in [0.717, 1.165) is 44.1 Å². The van der Waals surface area contributed by atoms with Gasteiger partial charge in [0.15, 0.2) is 11.6 Å². The fraction of sp³-hybridized carbons (Fsp3) is 0.722. The maximum absolute atomic E-state index is 12.3. The van der Waals surface area contributed by atoms with Gasteiger partial charge in [-0.25, -0.2) is 0 Å². The van der Waals surface area contributed by atoms with Crippen LogP contribution in [0.5, 0.6) is 0 Å². The van der Waals surface area contributed by atoms with Crippen LogP contribution in [0.3, 0.4) is 0 Å². The highest BCUT2D eigenvalue weighted by Gasteiger charge is 2.54. The molecule has 1 saturated carbocycles. The molecule has 5 aliphatic rings. The van der Waals surface area contributed by atoms with Gasteiger partial charge in [-0.2, -0.15) is 0 Å². The molecule has 7 atom stereocenters. The van der Waals surface area contributed by atoms with Crippen LogP contribution in [-0.2, 0) is 28.5 Å². The second-order valence-electron chi connectivity index (χ2n) is 13.8. The zero-order valence-electron chi connectivity index (χ0n) is 26.3. The lowest BCUT2D eigenvalue weighted by molar-refractivity contribution is -0.368. The van der Waals surface area contributed by atoms with E-state index in [-0.39, 0.29) is 35.6 Å². The Kier molecular flexibility index (Phi) is 10.3. The number of hydrogen-bond acceptors (Lipinski definition) is 6. The van der Waals surface area contributed by atoms with E-state index in [0.29, 0.717) is 37.8 Å². The predicted octanol–water partition coefficient (Wildman–Crippen LogP) is 7.72. The van der Waals surface area contributed by atoms with E-state index in [1.165, 1.54) is 43.3 Å². The number of allylic oxidation sites excluding steroid dienone is 5. The summed E-state index contributed by atoms with van der Waals surface area (Å²) in [5.74, 6) is 0.704. The van der Waals surface area contributed by atoms with Gasteiger partial charge in [0.1, 0.15) is 12.2 Å². The average molecular weight is 581 g/mol. The number of Topliss-reactive ketones (excluding diaryl/α,β-unsaturated/α-hetero) is 1. The van der Waals surface area contributed by atoms with Crippen LogP contribution < -0.4 is 0 Å². The molecule has 0 radical (unpaired) electrons. The summed E-state index contributed by atoms with van der Waals surface area (Å²) in [4.78, 5) is 23.7. The SMILES string of the molecule is CC1=CCC2/C(=C/C=C/CC/C(C)=C/CC3C[C@H](OC=O)CC4(CCC(C)C(C)(C5CCCCC5)O4)O3)COC2C1=O. The smallest absolute Gasteiger partial charge is 0.293 e. The Morgan fingerprint density at radius 1 is 1.19 bits per heavy atom. The Morgan fingerprint density at radius 2 is 2.00 bits per heavy atom. The van der Waals surface area contributed by atoms with Crippen molar-refractivity contribution < 1.29 is 28.5 Å². The Labute approximate surface area is 253 Å². The number of carbonyl (C=O) groups excluding carboxylic acids is 2. The van der Waals surface area contributed by atoms with Crippen LogP contribution in [0, 0.1) is 17.8 Å². The van der Waals surface area contributed by atoms with Gasteiger partial charge in [-0.15, -0.1) is 0 Å². The zero-order valence-corrected chi connectivity index (χ0v) is 26.3. The Bertz CT molecular complexity index is 1100. The van der Waals surface area contributed by atoms with Crippen molar-refractivity contribution in [2.24, 2.45) is 17.8 Å². The van der Waals surface area contributed by atoms with Crippen molar-refractivity contribution in [2.45, 2.75) is 141 Å². The molecule has 6 heteroatoms. The average Bonchev–Trinajstić information content (AvgIpc) is 3.40. The largest absolute Gasteiger partial charge is 0.464 e. The quantitative estimate of drug-likeness (QED) is 0.205. The van der Waals surface area contributed by atoms with Crippen molar-refractivity contribution in [1.82, 2.24) is 0 Å². The molecule has 1 spiro atoms. The van der Waals surface area contributed by atoms with E-state index in [1.54, 1.807) is 0 Å². The van der Waals surface area contributed by atoms with Crippen LogP contribution in [0.1, 0.15) is 111 Å². The van der Waals surface area contributed by atoms with Crippen LogP contribution >= 0.6 is 0 Å². The van der Waals surface area contributed by atoms with Crippen molar-refractivity contribution in [1.29, 1.82) is 0 Å². The molecule has 2 aliphatic carbocycles. The van der Waals surface area contributed by atoms with Crippen molar-refractivity contribution in [3.63, 3.8) is 0 Å². The monoisotopic (exact) mass is 580 g/mol. The van der Waals surface area contributed by atoms with Gasteiger partial charge in [0.05, 0.1) is 18.3 Å². The summed E-state index contributed by atoms with van der Waals surface area (Å²) < 4.78 is 25.2. The minimum absolute atomic E-state index is 0.0332. The van der Waals surface area contributed by atoms with Gasteiger partial charge in [0.2, 0.25) is 0 Å². The molecule has 0 aromatic rings. The van der Waals surface area contributed by atoms with E-state index in [4.69, 9.17) is 18.9 Å².